The summed E-state index contributed by atoms with van der Waals surface area (Å²) in [7, 11) is -3.04. The lowest BCUT2D eigenvalue weighted by Crippen LogP contribution is -1.95. The molecular weight excluding hydrogens is 176 g/mol. The van der Waals surface area contributed by atoms with Crippen molar-refractivity contribution in [3.63, 3.8) is 0 Å². The molecule has 1 aliphatic rings. The molecule has 0 fully saturated rings. The van der Waals surface area contributed by atoms with Gasteiger partial charge >= 0.3 is 0 Å². The second-order valence-corrected chi connectivity index (χ2v) is 5.12. The van der Waals surface area contributed by atoms with Gasteiger partial charge in [-0.2, -0.15) is 0 Å². The van der Waals surface area contributed by atoms with Gasteiger partial charge in [-0.25, -0.2) is 8.42 Å². The van der Waals surface area contributed by atoms with E-state index in [0.717, 1.165) is 16.7 Å². The lowest BCUT2D eigenvalue weighted by molar-refractivity contribution is 0.598. The zero-order valence-electron chi connectivity index (χ0n) is 6.42. The van der Waals surface area contributed by atoms with Gasteiger partial charge in [-0.05, 0) is 12.5 Å². The van der Waals surface area contributed by atoms with Crippen LogP contribution in [0.4, 0.5) is 0 Å². The lowest BCUT2D eigenvalue weighted by Gasteiger charge is -1.87. The van der Waals surface area contributed by atoms with Crippen LogP contribution in [-0.2, 0) is 15.6 Å². The summed E-state index contributed by atoms with van der Waals surface area (Å²) in [5.41, 5.74) is 3.15. The maximum absolute atomic E-state index is 11.4. The molecule has 1 aliphatic heterocycles. The van der Waals surface area contributed by atoms with E-state index in [-0.39, 0.29) is 5.75 Å². The van der Waals surface area contributed by atoms with Gasteiger partial charge in [0.05, 0.1) is 5.75 Å². The van der Waals surface area contributed by atoms with Gasteiger partial charge in [0.15, 0.2) is 15.4 Å². The Kier molecular flexibility index (Phi) is 0.821. The van der Waals surface area contributed by atoms with Crippen molar-refractivity contribution in [1.29, 1.82) is 0 Å². The summed E-state index contributed by atoms with van der Waals surface area (Å²) in [4.78, 5) is 0.387. The van der Waals surface area contributed by atoms with Crippen LogP contribution in [0.15, 0.2) is 15.4 Å². The zero-order chi connectivity index (χ0) is 8.51. The Balaban J connectivity index is 2.63. The second kappa shape index (κ2) is 1.52. The fraction of sp³-hybridized carbons (Fsp3) is 0.250. The first-order chi connectivity index (χ1) is 5.59. The molecule has 3 rings (SSSR count). The highest BCUT2D eigenvalue weighted by Gasteiger charge is 2.35. The Morgan fingerprint density at radius 2 is 2.25 bits per heavy atom. The molecule has 4 heteroatoms. The van der Waals surface area contributed by atoms with E-state index < -0.39 is 9.84 Å². The third kappa shape index (κ3) is 0.494. The van der Waals surface area contributed by atoms with E-state index in [1.54, 1.807) is 6.07 Å². The molecule has 0 saturated carbocycles. The van der Waals surface area contributed by atoms with Crippen molar-refractivity contribution < 1.29 is 12.8 Å². The summed E-state index contributed by atoms with van der Waals surface area (Å²) in [5.74, 6) is 0.128. The number of hydrogen-bond donors (Lipinski definition) is 0. The Morgan fingerprint density at radius 1 is 1.50 bits per heavy atom. The van der Waals surface area contributed by atoms with Crippen molar-refractivity contribution in [2.24, 2.45) is 0 Å². The van der Waals surface area contributed by atoms with E-state index in [0.29, 0.717) is 10.5 Å². The molecule has 62 valence electrons. The van der Waals surface area contributed by atoms with Gasteiger partial charge in [0.1, 0.15) is 10.5 Å². The van der Waals surface area contributed by atoms with E-state index >= 15 is 0 Å². The lowest BCUT2D eigenvalue weighted by atomic mass is 10.1. The summed E-state index contributed by atoms with van der Waals surface area (Å²) < 4.78 is 28.1. The molecule has 2 aromatic rings. The molecule has 0 saturated heterocycles. The van der Waals surface area contributed by atoms with Crippen LogP contribution in [0.3, 0.4) is 0 Å². The SMILES string of the molecule is Cc1c2c3oc1cc3S(=O)(=O)C2. The molecule has 0 atom stereocenters. The standard InChI is InChI=1S/C8H6O3S/c1-4-5-3-12(9,10)7-2-6(4)11-8(5)7/h2H,3H2,1H3. The minimum atomic E-state index is -3.04. The highest BCUT2D eigenvalue weighted by molar-refractivity contribution is 7.91. The average molecular weight is 182 g/mol. The van der Waals surface area contributed by atoms with Crippen LogP contribution in [0, 0.1) is 6.92 Å². The van der Waals surface area contributed by atoms with Crippen LogP contribution in [-0.4, -0.2) is 8.42 Å². The Labute approximate surface area is 69.2 Å². The van der Waals surface area contributed by atoms with Crippen molar-refractivity contribution in [1.82, 2.24) is 0 Å². The van der Waals surface area contributed by atoms with Crippen LogP contribution in [0.2, 0.25) is 0 Å². The van der Waals surface area contributed by atoms with E-state index in [4.69, 9.17) is 4.42 Å². The Morgan fingerprint density at radius 3 is 2.83 bits per heavy atom. The number of furan rings is 2. The van der Waals surface area contributed by atoms with Crippen molar-refractivity contribution >= 4 is 21.0 Å². The fourth-order valence-electron chi connectivity index (χ4n) is 1.76. The molecule has 0 amide bonds. The zero-order valence-corrected chi connectivity index (χ0v) is 7.23. The average Bonchev–Trinajstić information content (AvgIpc) is 2.54. The molecule has 0 aromatic carbocycles. The third-order valence-corrected chi connectivity index (χ3v) is 4.11. The summed E-state index contributed by atoms with van der Waals surface area (Å²) in [5, 5.41) is 0. The van der Waals surface area contributed by atoms with Gasteiger partial charge in [0.25, 0.3) is 0 Å². The number of fused-ring (bicyclic) bond motifs is 1. The summed E-state index contributed by atoms with van der Waals surface area (Å²) in [6.45, 7) is 1.89. The van der Waals surface area contributed by atoms with Gasteiger partial charge in [-0.3, -0.25) is 0 Å². The maximum Gasteiger partial charge on any atom is 0.186 e. The van der Waals surface area contributed by atoms with Crippen LogP contribution < -0.4 is 0 Å². The topological polar surface area (TPSA) is 47.3 Å². The molecule has 0 N–H and O–H groups in total. The maximum atomic E-state index is 11.4. The van der Waals surface area contributed by atoms with Gasteiger partial charge in [0.2, 0.25) is 0 Å². The first-order valence-corrected chi connectivity index (χ1v) is 5.32. The number of aryl methyl sites for hydroxylation is 1. The summed E-state index contributed by atoms with van der Waals surface area (Å²) in [6.07, 6.45) is 0. The molecule has 0 aliphatic carbocycles. The summed E-state index contributed by atoms with van der Waals surface area (Å²) in [6, 6.07) is 1.62. The van der Waals surface area contributed by atoms with Crippen molar-refractivity contribution in [3.05, 3.63) is 17.2 Å². The number of rotatable bonds is 0. The number of hydrogen-bond acceptors (Lipinski definition) is 3. The van der Waals surface area contributed by atoms with Crippen molar-refractivity contribution in [3.8, 4) is 0 Å². The Hall–Kier alpha value is -1.03. The highest BCUT2D eigenvalue weighted by Crippen LogP contribution is 2.42. The molecule has 0 radical (unpaired) electrons. The van der Waals surface area contributed by atoms with E-state index in [1.807, 2.05) is 6.92 Å². The molecule has 3 heterocycles. The second-order valence-electron chi connectivity index (χ2n) is 3.17. The largest absolute Gasteiger partial charge is 0.455 e. The van der Waals surface area contributed by atoms with Crippen molar-refractivity contribution in [2.75, 3.05) is 0 Å². The Bertz CT molecular complexity index is 562. The smallest absolute Gasteiger partial charge is 0.186 e. The van der Waals surface area contributed by atoms with E-state index in [2.05, 4.69) is 0 Å². The third-order valence-electron chi connectivity index (χ3n) is 2.46. The molecule has 0 unspecified atom stereocenters. The molecule has 0 spiro atoms. The number of benzene rings is 1. The van der Waals surface area contributed by atoms with Crippen LogP contribution >= 0.6 is 0 Å². The fourth-order valence-corrected chi connectivity index (χ4v) is 3.38. The number of sulfone groups is 1. The van der Waals surface area contributed by atoms with E-state index in [9.17, 15) is 8.42 Å². The molecule has 2 bridgehead atoms. The van der Waals surface area contributed by atoms with Gasteiger partial charge < -0.3 is 4.42 Å². The van der Waals surface area contributed by atoms with Crippen LogP contribution in [0.1, 0.15) is 11.1 Å². The van der Waals surface area contributed by atoms with Crippen LogP contribution in [0.25, 0.3) is 11.2 Å². The minimum absolute atomic E-state index is 0.128. The first-order valence-electron chi connectivity index (χ1n) is 3.67. The highest BCUT2D eigenvalue weighted by atomic mass is 32.2. The molecule has 2 aromatic heterocycles. The predicted molar refractivity (Wildman–Crippen MR) is 43.0 cm³/mol. The van der Waals surface area contributed by atoms with Gasteiger partial charge in [-0.1, -0.05) is 0 Å². The predicted octanol–water partition coefficient (Wildman–Crippen LogP) is 1.47. The molecule has 12 heavy (non-hydrogen) atoms. The minimum Gasteiger partial charge on any atom is -0.455 e. The first kappa shape index (κ1) is 6.48. The van der Waals surface area contributed by atoms with Crippen LogP contribution in [0.5, 0.6) is 0 Å². The quantitative estimate of drug-likeness (QED) is 0.619. The summed E-state index contributed by atoms with van der Waals surface area (Å²) >= 11 is 0. The molecule has 3 nitrogen and oxygen atoms in total. The van der Waals surface area contributed by atoms with Gasteiger partial charge in [0, 0.05) is 11.6 Å². The monoisotopic (exact) mass is 182 g/mol. The van der Waals surface area contributed by atoms with Crippen molar-refractivity contribution in [2.45, 2.75) is 17.6 Å². The molecular formula is C8H6O3S. The van der Waals surface area contributed by atoms with E-state index in [1.165, 1.54) is 0 Å². The van der Waals surface area contributed by atoms with Gasteiger partial charge in [-0.15, -0.1) is 0 Å². The normalized spacial score (nSPS) is 19.4.